The molecule has 0 radical (unpaired) electrons. The van der Waals surface area contributed by atoms with Crippen molar-refractivity contribution in [3.63, 3.8) is 0 Å². The summed E-state index contributed by atoms with van der Waals surface area (Å²) >= 11 is 5.92. The number of hydrogen-bond donors (Lipinski definition) is 2. The van der Waals surface area contributed by atoms with E-state index in [0.717, 1.165) is 17.7 Å². The second kappa shape index (κ2) is 9.48. The van der Waals surface area contributed by atoms with E-state index in [9.17, 15) is 4.79 Å². The Morgan fingerprint density at radius 3 is 2.46 bits per heavy atom. The van der Waals surface area contributed by atoms with Crippen molar-refractivity contribution in [2.45, 2.75) is 39.2 Å². The van der Waals surface area contributed by atoms with Gasteiger partial charge in [-0.2, -0.15) is 0 Å². The van der Waals surface area contributed by atoms with Crippen molar-refractivity contribution in [3.8, 4) is 5.75 Å². The normalized spacial score (nSPS) is 11.1. The zero-order chi connectivity index (χ0) is 19.0. The highest BCUT2D eigenvalue weighted by Gasteiger charge is 2.12. The Labute approximate surface area is 160 Å². The van der Waals surface area contributed by atoms with Crippen LogP contribution in [-0.4, -0.2) is 19.2 Å². The van der Waals surface area contributed by atoms with E-state index in [4.69, 9.17) is 16.3 Å². The fourth-order valence-electron chi connectivity index (χ4n) is 2.41. The van der Waals surface area contributed by atoms with E-state index in [0.29, 0.717) is 24.7 Å². The first-order chi connectivity index (χ1) is 12.3. The van der Waals surface area contributed by atoms with Crippen LogP contribution in [0.4, 0.5) is 4.79 Å². The number of carbonyl (C=O) groups excluding carboxylic acids is 1. The van der Waals surface area contributed by atoms with Gasteiger partial charge in [0, 0.05) is 18.1 Å². The second-order valence-corrected chi connectivity index (χ2v) is 7.65. The Balaban J connectivity index is 1.60. The lowest BCUT2D eigenvalue weighted by molar-refractivity contribution is 0.238. The molecule has 4 nitrogen and oxygen atoms in total. The molecule has 0 spiro atoms. The first kappa shape index (κ1) is 20.1. The average Bonchev–Trinajstić information content (AvgIpc) is 2.59. The second-order valence-electron chi connectivity index (χ2n) is 7.22. The van der Waals surface area contributed by atoms with Gasteiger partial charge >= 0.3 is 6.03 Å². The Hall–Kier alpha value is -2.20. The Kier molecular flexibility index (Phi) is 7.34. The van der Waals surface area contributed by atoms with Crippen LogP contribution in [0.25, 0.3) is 0 Å². The van der Waals surface area contributed by atoms with E-state index in [1.54, 1.807) is 0 Å². The molecule has 0 heterocycles. The standard InChI is InChI=1S/C21H27ClN2O2/c1-21(2,3)17-8-10-19(11-9-17)26-13-5-12-23-20(25)24-15-16-6-4-7-18(22)14-16/h4,6-11,14H,5,12-13,15H2,1-3H3,(H2,23,24,25). The van der Waals surface area contributed by atoms with E-state index < -0.39 is 0 Å². The summed E-state index contributed by atoms with van der Waals surface area (Å²) < 4.78 is 5.71. The number of rotatable bonds is 7. The Bertz CT molecular complexity index is 709. The van der Waals surface area contributed by atoms with Gasteiger partial charge in [-0.1, -0.05) is 56.6 Å². The summed E-state index contributed by atoms with van der Waals surface area (Å²) in [5.74, 6) is 0.850. The number of urea groups is 1. The van der Waals surface area contributed by atoms with Crippen LogP contribution >= 0.6 is 11.6 Å². The van der Waals surface area contributed by atoms with Crippen LogP contribution < -0.4 is 15.4 Å². The number of nitrogens with one attached hydrogen (secondary N) is 2. The van der Waals surface area contributed by atoms with E-state index in [2.05, 4.69) is 43.5 Å². The Morgan fingerprint density at radius 1 is 1.08 bits per heavy atom. The molecule has 2 rings (SSSR count). The largest absolute Gasteiger partial charge is 0.494 e. The van der Waals surface area contributed by atoms with E-state index >= 15 is 0 Å². The molecule has 0 saturated carbocycles. The summed E-state index contributed by atoms with van der Waals surface area (Å²) in [6.07, 6.45) is 0.742. The van der Waals surface area contributed by atoms with Gasteiger partial charge in [-0.15, -0.1) is 0 Å². The van der Waals surface area contributed by atoms with Crippen LogP contribution in [0, 0.1) is 0 Å². The lowest BCUT2D eigenvalue weighted by Crippen LogP contribution is -2.36. The van der Waals surface area contributed by atoms with Crippen LogP contribution in [0.1, 0.15) is 38.3 Å². The van der Waals surface area contributed by atoms with Gasteiger partial charge < -0.3 is 15.4 Å². The molecule has 5 heteroatoms. The van der Waals surface area contributed by atoms with Gasteiger partial charge in [-0.3, -0.25) is 0 Å². The minimum atomic E-state index is -0.195. The molecule has 26 heavy (non-hydrogen) atoms. The SMILES string of the molecule is CC(C)(C)c1ccc(OCCCNC(=O)NCc2cccc(Cl)c2)cc1. The molecule has 0 aromatic heterocycles. The first-order valence-electron chi connectivity index (χ1n) is 8.84. The molecule has 2 amide bonds. The summed E-state index contributed by atoms with van der Waals surface area (Å²) in [5, 5.41) is 6.29. The third kappa shape index (κ3) is 6.96. The lowest BCUT2D eigenvalue weighted by Gasteiger charge is -2.19. The molecule has 0 unspecified atom stereocenters. The number of hydrogen-bond acceptors (Lipinski definition) is 2. The zero-order valence-electron chi connectivity index (χ0n) is 15.6. The maximum Gasteiger partial charge on any atom is 0.315 e. The highest BCUT2D eigenvalue weighted by Crippen LogP contribution is 2.24. The van der Waals surface area contributed by atoms with Crippen LogP contribution in [0.3, 0.4) is 0 Å². The molecule has 2 N–H and O–H groups in total. The summed E-state index contributed by atoms with van der Waals surface area (Å²) in [6, 6.07) is 15.4. The quantitative estimate of drug-likeness (QED) is 0.677. The van der Waals surface area contributed by atoms with Crippen LogP contribution in [0.15, 0.2) is 48.5 Å². The summed E-state index contributed by atoms with van der Waals surface area (Å²) in [7, 11) is 0. The third-order valence-electron chi connectivity index (χ3n) is 3.94. The predicted molar refractivity (Wildman–Crippen MR) is 107 cm³/mol. The highest BCUT2D eigenvalue weighted by molar-refractivity contribution is 6.30. The van der Waals surface area contributed by atoms with Gasteiger partial charge in [0.15, 0.2) is 0 Å². The van der Waals surface area contributed by atoms with Crippen LogP contribution in [0.5, 0.6) is 5.75 Å². The molecule has 0 aliphatic carbocycles. The van der Waals surface area contributed by atoms with Crippen molar-refractivity contribution in [1.82, 2.24) is 10.6 Å². The van der Waals surface area contributed by atoms with Gasteiger partial charge in [-0.05, 0) is 47.2 Å². The first-order valence-corrected chi connectivity index (χ1v) is 9.22. The van der Waals surface area contributed by atoms with Crippen molar-refractivity contribution in [1.29, 1.82) is 0 Å². The fraction of sp³-hybridized carbons (Fsp3) is 0.381. The molecule has 2 aromatic rings. The maximum absolute atomic E-state index is 11.8. The minimum absolute atomic E-state index is 0.140. The summed E-state index contributed by atoms with van der Waals surface area (Å²) in [5.41, 5.74) is 2.39. The predicted octanol–water partition coefficient (Wildman–Crippen LogP) is 4.91. The third-order valence-corrected chi connectivity index (χ3v) is 4.17. The molecule has 2 aromatic carbocycles. The van der Waals surface area contributed by atoms with Crippen molar-refractivity contribution in [2.75, 3.05) is 13.2 Å². The van der Waals surface area contributed by atoms with Crippen LogP contribution in [0.2, 0.25) is 5.02 Å². The minimum Gasteiger partial charge on any atom is -0.494 e. The molecule has 140 valence electrons. The molecule has 0 saturated heterocycles. The lowest BCUT2D eigenvalue weighted by atomic mass is 9.87. The number of benzene rings is 2. The Morgan fingerprint density at radius 2 is 1.81 bits per heavy atom. The number of carbonyl (C=O) groups is 1. The maximum atomic E-state index is 11.8. The zero-order valence-corrected chi connectivity index (χ0v) is 16.4. The molecule has 0 bridgehead atoms. The van der Waals surface area contributed by atoms with E-state index in [-0.39, 0.29) is 11.4 Å². The average molecular weight is 375 g/mol. The molecule has 0 aliphatic rings. The van der Waals surface area contributed by atoms with E-state index in [1.807, 2.05) is 36.4 Å². The molecular formula is C21H27ClN2O2. The van der Waals surface area contributed by atoms with Gasteiger partial charge in [0.05, 0.1) is 6.61 Å². The van der Waals surface area contributed by atoms with E-state index in [1.165, 1.54) is 5.56 Å². The molecular weight excluding hydrogens is 348 g/mol. The van der Waals surface area contributed by atoms with Crippen molar-refractivity contribution in [3.05, 3.63) is 64.7 Å². The number of amides is 2. The summed E-state index contributed by atoms with van der Waals surface area (Å²) in [6.45, 7) is 8.12. The number of halogens is 1. The smallest absolute Gasteiger partial charge is 0.315 e. The van der Waals surface area contributed by atoms with Crippen molar-refractivity contribution >= 4 is 17.6 Å². The van der Waals surface area contributed by atoms with Gasteiger partial charge in [-0.25, -0.2) is 4.79 Å². The topological polar surface area (TPSA) is 50.4 Å². The number of ether oxygens (including phenoxy) is 1. The fourth-order valence-corrected chi connectivity index (χ4v) is 2.62. The molecule has 0 atom stereocenters. The van der Waals surface area contributed by atoms with Crippen LogP contribution in [-0.2, 0) is 12.0 Å². The van der Waals surface area contributed by atoms with Crippen molar-refractivity contribution in [2.24, 2.45) is 0 Å². The summed E-state index contributed by atoms with van der Waals surface area (Å²) in [4.78, 5) is 11.8. The van der Waals surface area contributed by atoms with Crippen molar-refractivity contribution < 1.29 is 9.53 Å². The monoisotopic (exact) mass is 374 g/mol. The van der Waals surface area contributed by atoms with Gasteiger partial charge in [0.2, 0.25) is 0 Å². The molecule has 0 aliphatic heterocycles. The molecule has 0 fully saturated rings. The highest BCUT2D eigenvalue weighted by atomic mass is 35.5. The van der Waals surface area contributed by atoms with Gasteiger partial charge in [0.1, 0.15) is 5.75 Å². The van der Waals surface area contributed by atoms with Gasteiger partial charge in [0.25, 0.3) is 0 Å².